The predicted octanol–water partition coefficient (Wildman–Crippen LogP) is 5.06. The molecular weight excluding hydrogens is 518 g/mol. The average molecular weight is 558 g/mol. The van der Waals surface area contributed by atoms with Crippen LogP contribution in [0.4, 0.5) is 4.79 Å². The monoisotopic (exact) mass is 557 g/mol. The van der Waals surface area contributed by atoms with E-state index in [9.17, 15) is 14.4 Å². The van der Waals surface area contributed by atoms with Gasteiger partial charge in [-0.05, 0) is 64.9 Å². The van der Waals surface area contributed by atoms with Crippen LogP contribution in [0.3, 0.4) is 0 Å². The van der Waals surface area contributed by atoms with E-state index in [1.165, 1.54) is 11.3 Å². The third-order valence-electron chi connectivity index (χ3n) is 6.92. The van der Waals surface area contributed by atoms with E-state index in [1.54, 1.807) is 11.1 Å². The summed E-state index contributed by atoms with van der Waals surface area (Å²) in [4.78, 5) is 44.1. The number of carbonyl (C=O) groups is 3. The number of piperidine rings is 1. The van der Waals surface area contributed by atoms with E-state index in [4.69, 9.17) is 14.2 Å². The Morgan fingerprint density at radius 3 is 2.38 bits per heavy atom. The number of nitrogens with zero attached hydrogens (tertiary/aromatic N) is 2. The molecule has 0 radical (unpaired) electrons. The Hall–Kier alpha value is -2.98. The van der Waals surface area contributed by atoms with Gasteiger partial charge in [0.15, 0.2) is 0 Å². The molecular formula is C29H39N3O6S. The van der Waals surface area contributed by atoms with Crippen molar-refractivity contribution in [3.63, 3.8) is 0 Å². The van der Waals surface area contributed by atoms with Gasteiger partial charge in [-0.1, -0.05) is 30.3 Å². The fourth-order valence-electron chi connectivity index (χ4n) is 4.89. The SMILES string of the molecule is CC(C)(C)OC(=O)COC1CCC(NC(=O)c2cnc(C3CCN(C(=O)OCc4ccccc4)CC3)s2)CC1. The van der Waals surface area contributed by atoms with Gasteiger partial charge < -0.3 is 24.4 Å². The summed E-state index contributed by atoms with van der Waals surface area (Å²) in [5, 5.41) is 4.07. The number of amides is 2. The van der Waals surface area contributed by atoms with Gasteiger partial charge in [0.25, 0.3) is 5.91 Å². The number of esters is 1. The molecule has 0 atom stereocenters. The molecule has 0 unspecified atom stereocenters. The molecule has 1 aliphatic heterocycles. The summed E-state index contributed by atoms with van der Waals surface area (Å²) >= 11 is 1.44. The molecule has 1 aliphatic carbocycles. The molecule has 1 saturated carbocycles. The van der Waals surface area contributed by atoms with Gasteiger partial charge in [0.1, 0.15) is 23.7 Å². The van der Waals surface area contributed by atoms with Crippen molar-refractivity contribution < 1.29 is 28.6 Å². The van der Waals surface area contributed by atoms with E-state index in [-0.39, 0.29) is 49.2 Å². The third kappa shape index (κ3) is 9.03. The summed E-state index contributed by atoms with van der Waals surface area (Å²) in [6.07, 6.45) is 6.13. The number of aromatic nitrogens is 1. The van der Waals surface area contributed by atoms with Crippen molar-refractivity contribution in [2.75, 3.05) is 19.7 Å². The van der Waals surface area contributed by atoms with Gasteiger partial charge in [-0.25, -0.2) is 14.6 Å². The number of carbonyl (C=O) groups excluding carboxylic acids is 3. The van der Waals surface area contributed by atoms with Crippen molar-refractivity contribution in [2.45, 2.75) is 89.6 Å². The summed E-state index contributed by atoms with van der Waals surface area (Å²) in [6, 6.07) is 9.73. The van der Waals surface area contributed by atoms with Crippen LogP contribution in [0.1, 0.15) is 85.5 Å². The topological polar surface area (TPSA) is 107 Å². The lowest BCUT2D eigenvalue weighted by atomic mass is 9.93. The van der Waals surface area contributed by atoms with Crippen LogP contribution in [-0.2, 0) is 25.6 Å². The van der Waals surface area contributed by atoms with Crippen molar-refractivity contribution >= 4 is 29.3 Å². The average Bonchev–Trinajstić information content (AvgIpc) is 3.42. The molecule has 4 rings (SSSR count). The van der Waals surface area contributed by atoms with Crippen molar-refractivity contribution in [3.8, 4) is 0 Å². The van der Waals surface area contributed by atoms with Crippen LogP contribution >= 0.6 is 11.3 Å². The molecule has 9 nitrogen and oxygen atoms in total. The molecule has 0 spiro atoms. The maximum atomic E-state index is 12.9. The Bertz CT molecular complexity index is 1100. The number of ether oxygens (including phenoxy) is 3. The largest absolute Gasteiger partial charge is 0.458 e. The highest BCUT2D eigenvalue weighted by Gasteiger charge is 2.29. The molecule has 10 heteroatoms. The highest BCUT2D eigenvalue weighted by Crippen LogP contribution is 2.31. The molecule has 1 aromatic carbocycles. The van der Waals surface area contributed by atoms with Crippen LogP contribution in [0.5, 0.6) is 0 Å². The number of hydrogen-bond acceptors (Lipinski definition) is 8. The fraction of sp³-hybridized carbons (Fsp3) is 0.586. The number of nitrogens with one attached hydrogen (secondary N) is 1. The quantitative estimate of drug-likeness (QED) is 0.452. The first kappa shape index (κ1) is 29.0. The zero-order chi connectivity index (χ0) is 27.8. The molecule has 2 aliphatic rings. The lowest BCUT2D eigenvalue weighted by Crippen LogP contribution is -2.39. The summed E-state index contributed by atoms with van der Waals surface area (Å²) in [6.45, 7) is 6.94. The number of benzene rings is 1. The van der Waals surface area contributed by atoms with Gasteiger partial charge in [-0.15, -0.1) is 11.3 Å². The van der Waals surface area contributed by atoms with Crippen molar-refractivity contribution in [3.05, 3.63) is 52.0 Å². The number of likely N-dealkylation sites (tertiary alicyclic amines) is 1. The van der Waals surface area contributed by atoms with Crippen LogP contribution < -0.4 is 5.32 Å². The minimum absolute atomic E-state index is 0.00200. The van der Waals surface area contributed by atoms with E-state index in [1.807, 2.05) is 51.1 Å². The van der Waals surface area contributed by atoms with Crippen LogP contribution in [0.25, 0.3) is 0 Å². The Morgan fingerprint density at radius 1 is 1.03 bits per heavy atom. The van der Waals surface area contributed by atoms with Gasteiger partial charge in [0.05, 0.1) is 17.3 Å². The molecule has 1 aromatic heterocycles. The van der Waals surface area contributed by atoms with Crippen LogP contribution in [-0.4, -0.2) is 65.3 Å². The lowest BCUT2D eigenvalue weighted by molar-refractivity contribution is -0.162. The van der Waals surface area contributed by atoms with Gasteiger partial charge in [-0.3, -0.25) is 4.79 Å². The van der Waals surface area contributed by atoms with E-state index >= 15 is 0 Å². The Morgan fingerprint density at radius 2 is 1.72 bits per heavy atom. The van der Waals surface area contributed by atoms with Gasteiger partial charge in [0.2, 0.25) is 0 Å². The number of rotatable bonds is 8. The van der Waals surface area contributed by atoms with Gasteiger partial charge >= 0.3 is 12.1 Å². The van der Waals surface area contributed by atoms with E-state index in [0.717, 1.165) is 49.1 Å². The maximum absolute atomic E-state index is 12.9. The molecule has 2 fully saturated rings. The molecule has 2 amide bonds. The number of hydrogen-bond donors (Lipinski definition) is 1. The fourth-order valence-corrected chi connectivity index (χ4v) is 5.88. The van der Waals surface area contributed by atoms with Crippen molar-refractivity contribution in [1.82, 2.24) is 15.2 Å². The second-order valence-corrected chi connectivity index (χ2v) is 12.3. The maximum Gasteiger partial charge on any atom is 0.410 e. The third-order valence-corrected chi connectivity index (χ3v) is 8.08. The van der Waals surface area contributed by atoms with Gasteiger partial charge in [-0.2, -0.15) is 0 Å². The zero-order valence-corrected chi connectivity index (χ0v) is 23.8. The molecule has 0 bridgehead atoms. The first-order valence-corrected chi connectivity index (χ1v) is 14.5. The highest BCUT2D eigenvalue weighted by molar-refractivity contribution is 7.13. The molecule has 2 heterocycles. The van der Waals surface area contributed by atoms with Gasteiger partial charge in [0, 0.05) is 25.0 Å². The van der Waals surface area contributed by atoms with Crippen LogP contribution in [0, 0.1) is 0 Å². The summed E-state index contributed by atoms with van der Waals surface area (Å²) in [5.74, 6) is -0.223. The second kappa shape index (κ2) is 13.4. The molecule has 2 aromatic rings. The smallest absolute Gasteiger partial charge is 0.410 e. The van der Waals surface area contributed by atoms with Crippen molar-refractivity contribution in [1.29, 1.82) is 0 Å². The Balaban J connectivity index is 1.15. The normalized spacial score (nSPS) is 20.3. The number of thiazole rings is 1. The summed E-state index contributed by atoms with van der Waals surface area (Å²) in [7, 11) is 0. The first-order chi connectivity index (χ1) is 18.7. The van der Waals surface area contributed by atoms with E-state index in [0.29, 0.717) is 18.0 Å². The summed E-state index contributed by atoms with van der Waals surface area (Å²) in [5.41, 5.74) is 0.446. The van der Waals surface area contributed by atoms with Crippen LogP contribution in [0.2, 0.25) is 0 Å². The highest BCUT2D eigenvalue weighted by atomic mass is 32.1. The minimum Gasteiger partial charge on any atom is -0.458 e. The van der Waals surface area contributed by atoms with E-state index in [2.05, 4.69) is 10.3 Å². The lowest BCUT2D eigenvalue weighted by Gasteiger charge is -2.30. The summed E-state index contributed by atoms with van der Waals surface area (Å²) < 4.78 is 16.5. The molecule has 1 saturated heterocycles. The molecule has 1 N–H and O–H groups in total. The second-order valence-electron chi connectivity index (χ2n) is 11.2. The molecule has 212 valence electrons. The minimum atomic E-state index is -0.521. The van der Waals surface area contributed by atoms with Crippen LogP contribution in [0.15, 0.2) is 36.5 Å². The Labute approximate surface area is 234 Å². The van der Waals surface area contributed by atoms with E-state index < -0.39 is 5.60 Å². The predicted molar refractivity (Wildman–Crippen MR) is 148 cm³/mol. The zero-order valence-electron chi connectivity index (χ0n) is 23.0. The van der Waals surface area contributed by atoms with Crippen molar-refractivity contribution in [2.24, 2.45) is 0 Å². The Kier molecular flexibility index (Phi) is 9.96. The first-order valence-electron chi connectivity index (χ1n) is 13.7. The molecule has 39 heavy (non-hydrogen) atoms. The standard InChI is InChI=1S/C29H39N3O6S/c1-29(2,3)38-25(33)19-36-23-11-9-22(10-12-23)31-26(34)24-17-30-27(39-24)21-13-15-32(16-14-21)28(35)37-18-20-7-5-4-6-8-20/h4-8,17,21-23H,9-16,18-19H2,1-3H3,(H,31,34).